The van der Waals surface area contributed by atoms with Crippen LogP contribution in [0.2, 0.25) is 0 Å². The monoisotopic (exact) mass is 397 g/mol. The van der Waals surface area contributed by atoms with E-state index >= 15 is 0 Å². The third-order valence-electron chi connectivity index (χ3n) is 4.94. The van der Waals surface area contributed by atoms with Crippen molar-refractivity contribution in [2.45, 2.75) is 6.92 Å². The average Bonchev–Trinajstić information content (AvgIpc) is 3.42. The molecule has 6 heteroatoms. The fourth-order valence-electron chi connectivity index (χ4n) is 3.35. The van der Waals surface area contributed by atoms with Crippen molar-refractivity contribution >= 4 is 11.6 Å². The number of carbonyl (C=O) groups is 1. The summed E-state index contributed by atoms with van der Waals surface area (Å²) in [6, 6.07) is 23.0. The number of aryl methyl sites for hydroxylation is 1. The molecule has 1 N–H and O–H groups in total. The molecule has 1 aliphatic heterocycles. The molecule has 1 amide bonds. The third-order valence-corrected chi connectivity index (χ3v) is 4.94. The van der Waals surface area contributed by atoms with Gasteiger partial charge >= 0.3 is 0 Å². The third kappa shape index (κ3) is 3.39. The summed E-state index contributed by atoms with van der Waals surface area (Å²) in [6.45, 7) is 2.22. The van der Waals surface area contributed by atoms with Crippen LogP contribution in [0.3, 0.4) is 0 Å². The minimum absolute atomic E-state index is 0.189. The molecule has 5 rings (SSSR count). The summed E-state index contributed by atoms with van der Waals surface area (Å²) in [7, 11) is 0. The molecule has 0 saturated carbocycles. The van der Waals surface area contributed by atoms with Crippen LogP contribution in [-0.2, 0) is 0 Å². The van der Waals surface area contributed by atoms with Crippen molar-refractivity contribution in [3.05, 3.63) is 90.1 Å². The standard InChI is InChI=1S/C24H19N3O3/c1-16-7-10-19(11-8-16)27-14-20(23(26-27)17-5-3-2-4-6-17)24(28)25-18-9-12-21-22(13-18)30-15-29-21/h2-14H,15H2,1H3,(H,25,28). The number of hydrogen-bond donors (Lipinski definition) is 1. The zero-order valence-corrected chi connectivity index (χ0v) is 16.3. The van der Waals surface area contributed by atoms with Crippen molar-refractivity contribution in [3.8, 4) is 28.4 Å². The smallest absolute Gasteiger partial charge is 0.259 e. The zero-order chi connectivity index (χ0) is 20.5. The number of fused-ring (bicyclic) bond motifs is 1. The number of rotatable bonds is 4. The predicted molar refractivity (Wildman–Crippen MR) is 114 cm³/mol. The van der Waals surface area contributed by atoms with E-state index in [9.17, 15) is 4.79 Å². The molecular formula is C24H19N3O3. The quantitative estimate of drug-likeness (QED) is 0.536. The molecule has 1 aromatic heterocycles. The van der Waals surface area contributed by atoms with Crippen molar-refractivity contribution in [2.75, 3.05) is 12.1 Å². The van der Waals surface area contributed by atoms with Crippen molar-refractivity contribution < 1.29 is 14.3 Å². The minimum Gasteiger partial charge on any atom is -0.454 e. The molecule has 0 spiro atoms. The molecule has 0 bridgehead atoms. The zero-order valence-electron chi connectivity index (χ0n) is 16.3. The Balaban J connectivity index is 1.52. The van der Waals surface area contributed by atoms with E-state index in [0.717, 1.165) is 16.8 Å². The van der Waals surface area contributed by atoms with Crippen LogP contribution in [0.5, 0.6) is 11.5 Å². The van der Waals surface area contributed by atoms with Crippen molar-refractivity contribution in [1.82, 2.24) is 9.78 Å². The maximum atomic E-state index is 13.2. The van der Waals surface area contributed by atoms with Gasteiger partial charge in [-0.3, -0.25) is 4.79 Å². The summed E-state index contributed by atoms with van der Waals surface area (Å²) in [5, 5.41) is 7.66. The van der Waals surface area contributed by atoms with Gasteiger partial charge in [0.1, 0.15) is 5.69 Å². The summed E-state index contributed by atoms with van der Waals surface area (Å²) >= 11 is 0. The first kappa shape index (κ1) is 18.0. The van der Waals surface area contributed by atoms with Gasteiger partial charge in [0.2, 0.25) is 6.79 Å². The molecular weight excluding hydrogens is 378 g/mol. The number of carbonyl (C=O) groups excluding carboxylic acids is 1. The lowest BCUT2D eigenvalue weighted by molar-refractivity contribution is 0.102. The molecule has 4 aromatic rings. The first-order valence-corrected chi connectivity index (χ1v) is 9.60. The average molecular weight is 397 g/mol. The molecule has 0 unspecified atom stereocenters. The molecule has 30 heavy (non-hydrogen) atoms. The number of anilines is 1. The lowest BCUT2D eigenvalue weighted by atomic mass is 10.1. The Kier molecular flexibility index (Phi) is 4.44. The van der Waals surface area contributed by atoms with Gasteiger partial charge in [-0.05, 0) is 31.2 Å². The highest BCUT2D eigenvalue weighted by atomic mass is 16.7. The normalized spacial score (nSPS) is 12.0. The number of hydrogen-bond acceptors (Lipinski definition) is 4. The number of nitrogens with one attached hydrogen (secondary N) is 1. The van der Waals surface area contributed by atoms with Crippen LogP contribution in [0.4, 0.5) is 5.69 Å². The Morgan fingerprint density at radius 3 is 2.53 bits per heavy atom. The molecule has 2 heterocycles. The van der Waals surface area contributed by atoms with E-state index in [1.54, 1.807) is 29.1 Å². The number of aromatic nitrogens is 2. The second-order valence-corrected chi connectivity index (χ2v) is 7.06. The van der Waals surface area contributed by atoms with Crippen LogP contribution in [0.1, 0.15) is 15.9 Å². The fraction of sp³-hybridized carbons (Fsp3) is 0.0833. The minimum atomic E-state index is -0.244. The molecule has 0 radical (unpaired) electrons. The summed E-state index contributed by atoms with van der Waals surface area (Å²) in [6.07, 6.45) is 1.76. The Morgan fingerprint density at radius 1 is 0.967 bits per heavy atom. The highest BCUT2D eigenvalue weighted by Crippen LogP contribution is 2.34. The van der Waals surface area contributed by atoms with Gasteiger partial charge in [0.05, 0.1) is 11.3 Å². The first-order valence-electron chi connectivity index (χ1n) is 9.60. The van der Waals surface area contributed by atoms with Crippen LogP contribution < -0.4 is 14.8 Å². The molecule has 0 saturated heterocycles. The van der Waals surface area contributed by atoms with Gasteiger partial charge in [0.25, 0.3) is 5.91 Å². The lowest BCUT2D eigenvalue weighted by Gasteiger charge is -2.06. The van der Waals surface area contributed by atoms with E-state index in [0.29, 0.717) is 28.4 Å². The number of nitrogens with zero attached hydrogens (tertiary/aromatic N) is 2. The summed E-state index contributed by atoms with van der Waals surface area (Å²) in [5.74, 6) is 1.04. The predicted octanol–water partition coefficient (Wildman–Crippen LogP) is 4.83. The van der Waals surface area contributed by atoms with Gasteiger partial charge in [-0.25, -0.2) is 4.68 Å². The lowest BCUT2D eigenvalue weighted by Crippen LogP contribution is -2.12. The topological polar surface area (TPSA) is 65.4 Å². The van der Waals surface area contributed by atoms with Crippen molar-refractivity contribution in [2.24, 2.45) is 0 Å². The highest BCUT2D eigenvalue weighted by Gasteiger charge is 2.20. The number of amides is 1. The van der Waals surface area contributed by atoms with E-state index in [1.165, 1.54) is 0 Å². The molecule has 1 aliphatic rings. The van der Waals surface area contributed by atoms with Gasteiger partial charge in [-0.1, -0.05) is 48.0 Å². The van der Waals surface area contributed by atoms with E-state index in [-0.39, 0.29) is 12.7 Å². The number of ether oxygens (including phenoxy) is 2. The van der Waals surface area contributed by atoms with Gasteiger partial charge in [-0.15, -0.1) is 0 Å². The first-order chi connectivity index (χ1) is 14.7. The summed E-state index contributed by atoms with van der Waals surface area (Å²) < 4.78 is 12.5. The Morgan fingerprint density at radius 2 is 1.73 bits per heavy atom. The van der Waals surface area contributed by atoms with Crippen LogP contribution in [0.25, 0.3) is 16.9 Å². The van der Waals surface area contributed by atoms with Crippen LogP contribution in [0.15, 0.2) is 79.0 Å². The van der Waals surface area contributed by atoms with Crippen LogP contribution in [0, 0.1) is 6.92 Å². The van der Waals surface area contributed by atoms with Crippen LogP contribution in [-0.4, -0.2) is 22.5 Å². The largest absolute Gasteiger partial charge is 0.454 e. The summed E-state index contributed by atoms with van der Waals surface area (Å²) in [5.41, 5.74) is 4.66. The second-order valence-electron chi connectivity index (χ2n) is 7.06. The van der Waals surface area contributed by atoms with Crippen LogP contribution >= 0.6 is 0 Å². The van der Waals surface area contributed by atoms with Crippen molar-refractivity contribution in [1.29, 1.82) is 0 Å². The maximum Gasteiger partial charge on any atom is 0.259 e. The SMILES string of the molecule is Cc1ccc(-n2cc(C(=O)Nc3ccc4c(c3)OCO4)c(-c3ccccc3)n2)cc1. The maximum absolute atomic E-state index is 13.2. The van der Waals surface area contributed by atoms with E-state index < -0.39 is 0 Å². The Hall–Kier alpha value is -4.06. The van der Waals surface area contributed by atoms with E-state index in [1.807, 2.05) is 61.5 Å². The molecule has 148 valence electrons. The molecule has 0 atom stereocenters. The van der Waals surface area contributed by atoms with Gasteiger partial charge in [0, 0.05) is 23.5 Å². The molecule has 6 nitrogen and oxygen atoms in total. The fourth-order valence-corrected chi connectivity index (χ4v) is 3.35. The summed E-state index contributed by atoms with van der Waals surface area (Å²) in [4.78, 5) is 13.2. The van der Waals surface area contributed by atoms with Crippen molar-refractivity contribution in [3.63, 3.8) is 0 Å². The van der Waals surface area contributed by atoms with Gasteiger partial charge in [-0.2, -0.15) is 5.10 Å². The Bertz CT molecular complexity index is 1210. The second kappa shape index (κ2) is 7.40. The van der Waals surface area contributed by atoms with Gasteiger partial charge < -0.3 is 14.8 Å². The molecule has 3 aromatic carbocycles. The van der Waals surface area contributed by atoms with E-state index in [4.69, 9.17) is 14.6 Å². The number of benzene rings is 3. The van der Waals surface area contributed by atoms with E-state index in [2.05, 4.69) is 5.32 Å². The van der Waals surface area contributed by atoms with Gasteiger partial charge in [0.15, 0.2) is 11.5 Å². The molecule has 0 aliphatic carbocycles. The highest BCUT2D eigenvalue weighted by molar-refractivity contribution is 6.08. The molecule has 0 fully saturated rings. The Labute approximate surface area is 173 Å².